The number of methoxy groups -OCH3 is 1. The first-order valence-corrected chi connectivity index (χ1v) is 7.29. The van der Waals surface area contributed by atoms with Gasteiger partial charge in [-0.2, -0.15) is 0 Å². The molecule has 126 valence electrons. The van der Waals surface area contributed by atoms with Crippen molar-refractivity contribution in [1.29, 1.82) is 0 Å². The van der Waals surface area contributed by atoms with Crippen molar-refractivity contribution in [1.82, 2.24) is 9.55 Å². The second-order valence-electron chi connectivity index (χ2n) is 5.33. The average molecular weight is 339 g/mol. The number of carbonyl (C=O) groups is 1. The number of aromatic nitrogens is 2. The molecule has 3 rings (SSSR count). The van der Waals surface area contributed by atoms with Crippen molar-refractivity contribution in [2.75, 3.05) is 7.11 Å². The zero-order valence-electron chi connectivity index (χ0n) is 13.2. The van der Waals surface area contributed by atoms with Crippen LogP contribution in [0.2, 0.25) is 0 Å². The highest BCUT2D eigenvalue weighted by molar-refractivity contribution is 5.79. The first kappa shape index (κ1) is 16.3. The lowest BCUT2D eigenvalue weighted by molar-refractivity contribution is -0.384. The number of rotatable bonds is 5. The Hall–Kier alpha value is -3.55. The SMILES string of the molecule is COc1ccc(C=O)cc1Cn1cnc2cc([N+](=O)[O-])ccc2c1=O. The van der Waals surface area contributed by atoms with Crippen LogP contribution in [-0.4, -0.2) is 27.9 Å². The van der Waals surface area contributed by atoms with Crippen molar-refractivity contribution in [2.24, 2.45) is 0 Å². The summed E-state index contributed by atoms with van der Waals surface area (Å²) in [5.74, 6) is 0.543. The van der Waals surface area contributed by atoms with Gasteiger partial charge >= 0.3 is 0 Å². The molecule has 0 saturated heterocycles. The van der Waals surface area contributed by atoms with Crippen LogP contribution in [-0.2, 0) is 6.54 Å². The van der Waals surface area contributed by atoms with E-state index in [1.54, 1.807) is 18.2 Å². The lowest BCUT2D eigenvalue weighted by atomic mass is 10.1. The summed E-state index contributed by atoms with van der Waals surface area (Å²) < 4.78 is 6.62. The van der Waals surface area contributed by atoms with Gasteiger partial charge in [0.15, 0.2) is 0 Å². The number of ether oxygens (including phenoxy) is 1. The van der Waals surface area contributed by atoms with Crippen LogP contribution in [0.15, 0.2) is 47.5 Å². The molecule has 0 unspecified atom stereocenters. The summed E-state index contributed by atoms with van der Waals surface area (Å²) in [6.45, 7) is 0.156. The van der Waals surface area contributed by atoms with E-state index in [1.807, 2.05) is 0 Å². The number of fused-ring (bicyclic) bond motifs is 1. The minimum Gasteiger partial charge on any atom is -0.496 e. The van der Waals surface area contributed by atoms with E-state index in [-0.39, 0.29) is 28.7 Å². The fourth-order valence-electron chi connectivity index (χ4n) is 2.55. The summed E-state index contributed by atoms with van der Waals surface area (Å²) >= 11 is 0. The summed E-state index contributed by atoms with van der Waals surface area (Å²) in [4.78, 5) is 38.0. The zero-order chi connectivity index (χ0) is 18.0. The predicted octanol–water partition coefficient (Wildman–Crippen LogP) is 2.17. The summed E-state index contributed by atoms with van der Waals surface area (Å²) in [6, 6.07) is 8.83. The predicted molar refractivity (Wildman–Crippen MR) is 90.1 cm³/mol. The largest absolute Gasteiger partial charge is 0.496 e. The summed E-state index contributed by atoms with van der Waals surface area (Å²) in [5.41, 5.74) is 0.908. The van der Waals surface area contributed by atoms with E-state index in [0.29, 0.717) is 23.2 Å². The fourth-order valence-corrected chi connectivity index (χ4v) is 2.55. The number of nitro benzene ring substituents is 1. The number of nitro groups is 1. The Labute approximate surface area is 141 Å². The first-order chi connectivity index (χ1) is 12.0. The third kappa shape index (κ3) is 3.09. The van der Waals surface area contributed by atoms with Crippen molar-refractivity contribution in [3.63, 3.8) is 0 Å². The molecule has 25 heavy (non-hydrogen) atoms. The molecule has 0 amide bonds. The maximum atomic E-state index is 12.6. The summed E-state index contributed by atoms with van der Waals surface area (Å²) in [5, 5.41) is 11.1. The van der Waals surface area contributed by atoms with Gasteiger partial charge in [-0.25, -0.2) is 4.98 Å². The van der Waals surface area contributed by atoms with Gasteiger partial charge in [0.1, 0.15) is 12.0 Å². The minimum absolute atomic E-state index is 0.127. The van der Waals surface area contributed by atoms with Gasteiger partial charge in [-0.15, -0.1) is 0 Å². The smallest absolute Gasteiger partial charge is 0.271 e. The van der Waals surface area contributed by atoms with E-state index >= 15 is 0 Å². The van der Waals surface area contributed by atoms with Crippen LogP contribution in [0.4, 0.5) is 5.69 Å². The highest BCUT2D eigenvalue weighted by Crippen LogP contribution is 2.21. The van der Waals surface area contributed by atoms with Crippen LogP contribution in [0, 0.1) is 10.1 Å². The van der Waals surface area contributed by atoms with Crippen molar-refractivity contribution >= 4 is 22.9 Å². The van der Waals surface area contributed by atoms with Crippen LogP contribution < -0.4 is 10.3 Å². The molecule has 0 bridgehead atoms. The van der Waals surface area contributed by atoms with E-state index < -0.39 is 4.92 Å². The number of nitrogens with zero attached hydrogens (tertiary/aromatic N) is 3. The molecule has 3 aromatic rings. The molecule has 0 fully saturated rings. The van der Waals surface area contributed by atoms with Crippen molar-refractivity contribution in [3.05, 3.63) is 74.3 Å². The van der Waals surface area contributed by atoms with Gasteiger partial charge in [-0.1, -0.05) is 0 Å². The van der Waals surface area contributed by atoms with Crippen LogP contribution in [0.5, 0.6) is 5.75 Å². The zero-order valence-corrected chi connectivity index (χ0v) is 13.2. The highest BCUT2D eigenvalue weighted by atomic mass is 16.6. The maximum absolute atomic E-state index is 12.6. The highest BCUT2D eigenvalue weighted by Gasteiger charge is 2.12. The van der Waals surface area contributed by atoms with Gasteiger partial charge in [0.05, 0.1) is 35.8 Å². The Bertz CT molecular complexity index is 1040. The lowest BCUT2D eigenvalue weighted by Crippen LogP contribution is -2.21. The molecular formula is C17H13N3O5. The van der Waals surface area contributed by atoms with Gasteiger partial charge in [0.25, 0.3) is 11.2 Å². The molecule has 2 aromatic carbocycles. The molecule has 1 heterocycles. The molecule has 0 aliphatic carbocycles. The molecule has 0 aliphatic rings. The van der Waals surface area contributed by atoms with E-state index in [1.165, 1.54) is 36.2 Å². The molecule has 0 spiro atoms. The number of benzene rings is 2. The Morgan fingerprint density at radius 2 is 2.08 bits per heavy atom. The fraction of sp³-hybridized carbons (Fsp3) is 0.118. The number of carbonyl (C=O) groups excluding carboxylic acids is 1. The Balaban J connectivity index is 2.07. The number of aldehydes is 1. The van der Waals surface area contributed by atoms with Crippen LogP contribution >= 0.6 is 0 Å². The van der Waals surface area contributed by atoms with Crippen molar-refractivity contribution < 1.29 is 14.5 Å². The molecule has 0 radical (unpaired) electrons. The Kier molecular flexibility index (Phi) is 4.25. The van der Waals surface area contributed by atoms with Crippen LogP contribution in [0.1, 0.15) is 15.9 Å². The molecular weight excluding hydrogens is 326 g/mol. The third-order valence-electron chi connectivity index (χ3n) is 3.80. The number of hydrogen-bond acceptors (Lipinski definition) is 6. The van der Waals surface area contributed by atoms with Gasteiger partial charge in [-0.05, 0) is 24.3 Å². The molecule has 1 aromatic heterocycles. The van der Waals surface area contributed by atoms with Gasteiger partial charge in [-0.3, -0.25) is 24.3 Å². The van der Waals surface area contributed by atoms with E-state index in [0.717, 1.165) is 0 Å². The molecule has 0 atom stereocenters. The first-order valence-electron chi connectivity index (χ1n) is 7.29. The average Bonchev–Trinajstić information content (AvgIpc) is 2.63. The molecule has 8 heteroatoms. The van der Waals surface area contributed by atoms with E-state index in [2.05, 4.69) is 4.98 Å². The quantitative estimate of drug-likeness (QED) is 0.401. The normalized spacial score (nSPS) is 10.6. The second kappa shape index (κ2) is 6.52. The minimum atomic E-state index is -0.539. The number of hydrogen-bond donors (Lipinski definition) is 0. The topological polar surface area (TPSA) is 104 Å². The Morgan fingerprint density at radius 1 is 1.28 bits per heavy atom. The molecule has 0 N–H and O–H groups in total. The molecule has 0 aliphatic heterocycles. The third-order valence-corrected chi connectivity index (χ3v) is 3.80. The van der Waals surface area contributed by atoms with Gasteiger partial charge in [0, 0.05) is 23.3 Å². The van der Waals surface area contributed by atoms with Crippen molar-refractivity contribution in [3.8, 4) is 5.75 Å². The standard InChI is InChI=1S/C17H13N3O5/c1-25-16-5-2-11(9-21)6-12(16)8-19-10-18-15-7-13(20(23)24)3-4-14(15)17(19)22/h2-7,9-10H,8H2,1H3. The van der Waals surface area contributed by atoms with Crippen molar-refractivity contribution in [2.45, 2.75) is 6.54 Å². The summed E-state index contributed by atoms with van der Waals surface area (Å²) in [6.07, 6.45) is 2.03. The maximum Gasteiger partial charge on any atom is 0.271 e. The van der Waals surface area contributed by atoms with Crippen LogP contribution in [0.25, 0.3) is 10.9 Å². The van der Waals surface area contributed by atoms with Crippen LogP contribution in [0.3, 0.4) is 0 Å². The van der Waals surface area contributed by atoms with E-state index in [4.69, 9.17) is 4.74 Å². The summed E-state index contributed by atoms with van der Waals surface area (Å²) in [7, 11) is 1.50. The van der Waals surface area contributed by atoms with Gasteiger partial charge < -0.3 is 4.74 Å². The Morgan fingerprint density at radius 3 is 2.76 bits per heavy atom. The lowest BCUT2D eigenvalue weighted by Gasteiger charge is -2.11. The molecule has 8 nitrogen and oxygen atoms in total. The van der Waals surface area contributed by atoms with Gasteiger partial charge in [0.2, 0.25) is 0 Å². The molecule has 0 saturated carbocycles. The second-order valence-corrected chi connectivity index (χ2v) is 5.33. The monoisotopic (exact) mass is 339 g/mol. The van der Waals surface area contributed by atoms with E-state index in [9.17, 15) is 19.7 Å². The number of non-ortho nitro benzene ring substituents is 1.